The summed E-state index contributed by atoms with van der Waals surface area (Å²) < 4.78 is 61.5. The molecule has 148 valence electrons. The minimum atomic E-state index is -4.43. The number of halogens is 3. The second-order valence-electron chi connectivity index (χ2n) is 6.28. The van der Waals surface area contributed by atoms with E-state index in [0.29, 0.717) is 22.8 Å². The lowest BCUT2D eigenvalue weighted by atomic mass is 10.1. The van der Waals surface area contributed by atoms with Crippen LogP contribution in [-0.2, 0) is 21.2 Å². The molecule has 0 aliphatic rings. The van der Waals surface area contributed by atoms with Gasteiger partial charge >= 0.3 is 6.18 Å². The zero-order valence-electron chi connectivity index (χ0n) is 15.3. The van der Waals surface area contributed by atoms with E-state index in [9.17, 15) is 26.4 Å². The lowest BCUT2D eigenvalue weighted by Gasteiger charge is -2.14. The molecule has 0 saturated heterocycles. The molecule has 0 aromatic carbocycles. The Morgan fingerprint density at radius 1 is 1.19 bits per heavy atom. The summed E-state index contributed by atoms with van der Waals surface area (Å²) in [6.45, 7) is 7.40. The van der Waals surface area contributed by atoms with E-state index >= 15 is 0 Å². The zero-order valence-corrected chi connectivity index (χ0v) is 16.1. The van der Waals surface area contributed by atoms with Crippen LogP contribution in [-0.4, -0.2) is 36.2 Å². The average Bonchev–Trinajstić information content (AvgIpc) is 2.47. The molecule has 6 nitrogen and oxygen atoms in total. The van der Waals surface area contributed by atoms with Crippen molar-refractivity contribution in [2.75, 3.05) is 5.75 Å². The van der Waals surface area contributed by atoms with Gasteiger partial charge in [-0.05, 0) is 26.7 Å². The van der Waals surface area contributed by atoms with Crippen molar-refractivity contribution in [1.82, 2.24) is 14.7 Å². The largest absolute Gasteiger partial charge is 0.389 e. The summed E-state index contributed by atoms with van der Waals surface area (Å²) in [6, 6.07) is 0. The number of hydrogen-bond donors (Lipinski definition) is 1. The number of hydrogen-bond acceptors (Lipinski definition) is 5. The molecular formula is C16H24F3N3O3S. The van der Waals surface area contributed by atoms with Crippen molar-refractivity contribution in [3.63, 3.8) is 0 Å². The number of aryl methyl sites for hydroxylation is 2. The molecule has 1 aromatic heterocycles. The van der Waals surface area contributed by atoms with Crippen molar-refractivity contribution in [1.29, 1.82) is 0 Å². The van der Waals surface area contributed by atoms with Crippen LogP contribution in [0.15, 0.2) is 0 Å². The fourth-order valence-electron chi connectivity index (χ4n) is 2.31. The molecule has 1 heterocycles. The molecule has 10 heteroatoms. The van der Waals surface area contributed by atoms with Crippen molar-refractivity contribution in [2.24, 2.45) is 0 Å². The Hall–Kier alpha value is -1.71. The number of nitrogens with zero attached hydrogens (tertiary/aromatic N) is 2. The van der Waals surface area contributed by atoms with Crippen molar-refractivity contribution in [3.05, 3.63) is 22.8 Å². The summed E-state index contributed by atoms with van der Waals surface area (Å²) in [5, 5.41) is 0. The van der Waals surface area contributed by atoms with Gasteiger partial charge in [0.1, 0.15) is 5.82 Å². The van der Waals surface area contributed by atoms with Crippen LogP contribution in [0.5, 0.6) is 0 Å². The Balaban J connectivity index is 2.76. The third-order valence-corrected chi connectivity index (χ3v) is 5.34. The summed E-state index contributed by atoms with van der Waals surface area (Å²) in [6.07, 6.45) is -5.64. The Morgan fingerprint density at radius 3 is 2.19 bits per heavy atom. The number of alkyl halides is 3. The molecule has 1 rings (SSSR count). The van der Waals surface area contributed by atoms with Crippen LogP contribution < -0.4 is 4.72 Å². The summed E-state index contributed by atoms with van der Waals surface area (Å²) in [5.41, 5.74) is 1.68. The highest BCUT2D eigenvalue weighted by atomic mass is 32.2. The second-order valence-corrected chi connectivity index (χ2v) is 8.12. The van der Waals surface area contributed by atoms with E-state index in [1.807, 2.05) is 13.8 Å². The van der Waals surface area contributed by atoms with Crippen LogP contribution in [0.25, 0.3) is 0 Å². The molecular weight excluding hydrogens is 371 g/mol. The molecule has 0 bridgehead atoms. The van der Waals surface area contributed by atoms with Gasteiger partial charge in [-0.1, -0.05) is 13.8 Å². The van der Waals surface area contributed by atoms with Gasteiger partial charge in [0.25, 0.3) is 0 Å². The van der Waals surface area contributed by atoms with Gasteiger partial charge in [0, 0.05) is 29.3 Å². The van der Waals surface area contributed by atoms with Crippen molar-refractivity contribution < 1.29 is 26.4 Å². The fraction of sp³-hybridized carbons (Fsp3) is 0.688. The van der Waals surface area contributed by atoms with Crippen molar-refractivity contribution >= 4 is 15.9 Å². The fourth-order valence-corrected chi connectivity index (χ4v) is 3.35. The van der Waals surface area contributed by atoms with Gasteiger partial charge in [0.15, 0.2) is 0 Å². The maximum absolute atomic E-state index is 12.1. The van der Waals surface area contributed by atoms with Gasteiger partial charge < -0.3 is 0 Å². The van der Waals surface area contributed by atoms with Gasteiger partial charge in [-0.15, -0.1) is 0 Å². The molecule has 0 radical (unpaired) electrons. The standard InChI is InChI=1S/C16H24F3N3O3S/c1-5-10(2)15-20-11(3)13(12(4)21-15)9-14(23)22-26(24,25)8-6-7-16(17,18)19/h10H,5-9H2,1-4H3,(H,22,23). The van der Waals surface area contributed by atoms with E-state index in [0.717, 1.165) is 6.42 Å². The molecule has 0 spiro atoms. The Kier molecular flexibility index (Phi) is 7.55. The van der Waals surface area contributed by atoms with Crippen LogP contribution in [0, 0.1) is 13.8 Å². The highest BCUT2D eigenvalue weighted by Gasteiger charge is 2.28. The third-order valence-electron chi connectivity index (χ3n) is 3.97. The highest BCUT2D eigenvalue weighted by Crippen LogP contribution is 2.21. The quantitative estimate of drug-likeness (QED) is 0.731. The van der Waals surface area contributed by atoms with Crippen LogP contribution >= 0.6 is 0 Å². The van der Waals surface area contributed by atoms with Crippen molar-refractivity contribution in [2.45, 2.75) is 65.5 Å². The normalized spacial score (nSPS) is 13.5. The van der Waals surface area contributed by atoms with Gasteiger partial charge in [0.05, 0.1) is 12.2 Å². The van der Waals surface area contributed by atoms with Gasteiger partial charge in [-0.3, -0.25) is 9.52 Å². The van der Waals surface area contributed by atoms with E-state index in [-0.39, 0.29) is 12.3 Å². The molecule has 1 N–H and O–H groups in total. The number of sulfonamides is 1. The van der Waals surface area contributed by atoms with Gasteiger partial charge in [0.2, 0.25) is 15.9 Å². The molecule has 0 fully saturated rings. The first kappa shape index (κ1) is 22.3. The van der Waals surface area contributed by atoms with E-state index in [1.54, 1.807) is 18.6 Å². The topological polar surface area (TPSA) is 89.0 Å². The predicted octanol–water partition coefficient (Wildman–Crippen LogP) is 2.94. The Bertz CT molecular complexity index is 726. The van der Waals surface area contributed by atoms with Gasteiger partial charge in [-0.25, -0.2) is 18.4 Å². The molecule has 0 aliphatic heterocycles. The van der Waals surface area contributed by atoms with Crippen LogP contribution in [0.3, 0.4) is 0 Å². The molecule has 0 saturated carbocycles. The molecule has 1 atom stereocenters. The lowest BCUT2D eigenvalue weighted by molar-refractivity contribution is -0.134. The molecule has 26 heavy (non-hydrogen) atoms. The minimum absolute atomic E-state index is 0.157. The summed E-state index contributed by atoms with van der Waals surface area (Å²) >= 11 is 0. The highest BCUT2D eigenvalue weighted by molar-refractivity contribution is 7.90. The minimum Gasteiger partial charge on any atom is -0.274 e. The smallest absolute Gasteiger partial charge is 0.274 e. The average molecular weight is 395 g/mol. The summed E-state index contributed by atoms with van der Waals surface area (Å²) in [4.78, 5) is 20.7. The predicted molar refractivity (Wildman–Crippen MR) is 91.1 cm³/mol. The maximum atomic E-state index is 12.1. The second kappa shape index (κ2) is 8.79. The van der Waals surface area contributed by atoms with E-state index in [1.165, 1.54) is 0 Å². The Labute approximate surface area is 151 Å². The van der Waals surface area contributed by atoms with Crippen LogP contribution in [0.4, 0.5) is 13.2 Å². The lowest BCUT2D eigenvalue weighted by Crippen LogP contribution is -2.34. The third kappa shape index (κ3) is 7.27. The summed E-state index contributed by atoms with van der Waals surface area (Å²) in [5.74, 6) is -0.765. The SMILES string of the molecule is CCC(C)c1nc(C)c(CC(=O)NS(=O)(=O)CCCC(F)(F)F)c(C)n1. The first-order valence-corrected chi connectivity index (χ1v) is 9.94. The monoisotopic (exact) mass is 395 g/mol. The van der Waals surface area contributed by atoms with Crippen LogP contribution in [0.2, 0.25) is 0 Å². The first-order valence-electron chi connectivity index (χ1n) is 8.28. The first-order chi connectivity index (χ1) is 11.8. The van der Waals surface area contributed by atoms with Gasteiger partial charge in [-0.2, -0.15) is 13.2 Å². The maximum Gasteiger partial charge on any atom is 0.389 e. The number of aromatic nitrogens is 2. The molecule has 1 amide bonds. The van der Waals surface area contributed by atoms with Crippen LogP contribution in [0.1, 0.15) is 61.8 Å². The molecule has 1 aromatic rings. The van der Waals surface area contributed by atoms with E-state index in [2.05, 4.69) is 9.97 Å². The number of carbonyl (C=O) groups is 1. The zero-order chi connectivity index (χ0) is 20.1. The number of carbonyl (C=O) groups excluding carboxylic acids is 1. The van der Waals surface area contributed by atoms with E-state index in [4.69, 9.17) is 0 Å². The number of rotatable bonds is 8. The number of nitrogens with one attached hydrogen (secondary N) is 1. The Morgan fingerprint density at radius 2 is 1.73 bits per heavy atom. The van der Waals surface area contributed by atoms with E-state index < -0.39 is 40.7 Å². The summed E-state index contributed by atoms with van der Waals surface area (Å²) in [7, 11) is -4.11. The number of amides is 1. The molecule has 0 aliphatic carbocycles. The van der Waals surface area contributed by atoms with Crippen molar-refractivity contribution in [3.8, 4) is 0 Å². The molecule has 1 unspecified atom stereocenters.